The Labute approximate surface area is 186 Å². The van der Waals surface area contributed by atoms with Crippen molar-refractivity contribution in [3.63, 3.8) is 0 Å². The molecule has 1 aliphatic rings. The zero-order valence-electron chi connectivity index (χ0n) is 18.9. The van der Waals surface area contributed by atoms with Crippen molar-refractivity contribution < 1.29 is 27.8 Å². The van der Waals surface area contributed by atoms with Gasteiger partial charge in [-0.1, -0.05) is 25.1 Å². The average Bonchev–Trinajstić information content (AvgIpc) is 2.80. The highest BCUT2D eigenvalue weighted by Gasteiger charge is 2.33. The van der Waals surface area contributed by atoms with Crippen molar-refractivity contribution in [3.05, 3.63) is 30.3 Å². The Bertz CT molecular complexity index is 782. The maximum atomic E-state index is 13.2. The maximum Gasteiger partial charge on any atom is 0.243 e. The number of hydrogen-bond acceptors (Lipinski definition) is 6. The molecule has 1 heterocycles. The number of hydrogen-bond donors (Lipinski definition) is 1. The minimum atomic E-state index is -3.79. The molecule has 1 aromatic carbocycles. The Balaban J connectivity index is 2.11. The van der Waals surface area contributed by atoms with Crippen molar-refractivity contribution in [1.82, 2.24) is 9.21 Å². The predicted molar refractivity (Wildman–Crippen MR) is 118 cm³/mol. The molecule has 0 aromatic heterocycles. The minimum absolute atomic E-state index is 0.0454. The number of ether oxygens (including phenoxy) is 2. The van der Waals surface area contributed by atoms with E-state index in [0.29, 0.717) is 32.6 Å². The van der Waals surface area contributed by atoms with Crippen LogP contribution in [-0.4, -0.2) is 87.9 Å². The number of likely N-dealkylation sites (N-methyl/N-ethyl adjacent to an activating group) is 1. The maximum absolute atomic E-state index is 13.2. The quantitative estimate of drug-likeness (QED) is 0.543. The van der Waals surface area contributed by atoms with Crippen molar-refractivity contribution in [2.45, 2.75) is 43.7 Å². The second kappa shape index (κ2) is 11.9. The first-order valence-corrected chi connectivity index (χ1v) is 12.2. The summed E-state index contributed by atoms with van der Waals surface area (Å²) in [6.07, 6.45) is 1.08. The summed E-state index contributed by atoms with van der Waals surface area (Å²) in [5, 5.41) is 9.69. The molecule has 0 radical (unpaired) electrons. The topological polar surface area (TPSA) is 96.4 Å². The second-order valence-electron chi connectivity index (χ2n) is 8.28. The standard InChI is InChI=1S/C22H36N2O6S/c1-17(21(29-4)15-23(3)22(26)19-10-12-30-13-11-19)14-24(18(2)16-25)31(27,28)20-8-6-5-7-9-20/h5-9,17-19,21,25H,10-16H2,1-4H3/t17-,18+,21-/m0/s1. The third-order valence-corrected chi connectivity index (χ3v) is 7.91. The van der Waals surface area contributed by atoms with Gasteiger partial charge in [0.15, 0.2) is 0 Å². The van der Waals surface area contributed by atoms with Gasteiger partial charge >= 0.3 is 0 Å². The van der Waals surface area contributed by atoms with Gasteiger partial charge in [0.05, 0.1) is 17.6 Å². The summed E-state index contributed by atoms with van der Waals surface area (Å²) in [6.45, 7) is 5.00. The summed E-state index contributed by atoms with van der Waals surface area (Å²) >= 11 is 0. The third-order valence-electron chi connectivity index (χ3n) is 5.91. The van der Waals surface area contributed by atoms with E-state index >= 15 is 0 Å². The Hall–Kier alpha value is -1.52. The monoisotopic (exact) mass is 456 g/mol. The van der Waals surface area contributed by atoms with Crippen LogP contribution >= 0.6 is 0 Å². The second-order valence-corrected chi connectivity index (χ2v) is 10.2. The predicted octanol–water partition coefficient (Wildman–Crippen LogP) is 1.59. The third kappa shape index (κ3) is 6.73. The number of benzene rings is 1. The molecule has 176 valence electrons. The van der Waals surface area contributed by atoms with Crippen LogP contribution in [-0.2, 0) is 24.3 Å². The fourth-order valence-electron chi connectivity index (χ4n) is 3.84. The van der Waals surface area contributed by atoms with Crippen molar-refractivity contribution in [1.29, 1.82) is 0 Å². The molecule has 0 bridgehead atoms. The molecular formula is C22H36N2O6S. The SMILES string of the molecule is CO[C@@H](CN(C)C(=O)C1CCOCC1)[C@@H](C)CN([C@H](C)CO)S(=O)(=O)c1ccccc1. The first-order chi connectivity index (χ1) is 14.7. The van der Waals surface area contributed by atoms with E-state index in [-0.39, 0.29) is 41.9 Å². The molecule has 31 heavy (non-hydrogen) atoms. The van der Waals surface area contributed by atoms with Crippen LogP contribution in [0, 0.1) is 11.8 Å². The number of rotatable bonds is 11. The van der Waals surface area contributed by atoms with Gasteiger partial charge in [-0.3, -0.25) is 4.79 Å². The lowest BCUT2D eigenvalue weighted by atomic mass is 9.98. The van der Waals surface area contributed by atoms with E-state index < -0.39 is 16.1 Å². The summed E-state index contributed by atoms with van der Waals surface area (Å²) < 4.78 is 38.7. The largest absolute Gasteiger partial charge is 0.395 e. The highest BCUT2D eigenvalue weighted by molar-refractivity contribution is 7.89. The molecule has 1 fully saturated rings. The Morgan fingerprint density at radius 3 is 2.35 bits per heavy atom. The smallest absolute Gasteiger partial charge is 0.243 e. The van der Waals surface area contributed by atoms with E-state index in [1.807, 2.05) is 6.92 Å². The van der Waals surface area contributed by atoms with Gasteiger partial charge in [-0.25, -0.2) is 8.42 Å². The van der Waals surface area contributed by atoms with Gasteiger partial charge in [0.1, 0.15) is 0 Å². The summed E-state index contributed by atoms with van der Waals surface area (Å²) in [7, 11) is -0.464. The molecule has 2 rings (SSSR count). The van der Waals surface area contributed by atoms with Crippen LogP contribution in [0.15, 0.2) is 35.2 Å². The molecule has 8 nitrogen and oxygen atoms in total. The van der Waals surface area contributed by atoms with Crippen LogP contribution in [0.25, 0.3) is 0 Å². The van der Waals surface area contributed by atoms with Crippen LogP contribution < -0.4 is 0 Å². The van der Waals surface area contributed by atoms with E-state index in [4.69, 9.17) is 9.47 Å². The van der Waals surface area contributed by atoms with Crippen molar-refractivity contribution in [2.24, 2.45) is 11.8 Å². The Morgan fingerprint density at radius 2 is 1.81 bits per heavy atom. The molecule has 1 aliphatic heterocycles. The van der Waals surface area contributed by atoms with E-state index in [9.17, 15) is 18.3 Å². The van der Waals surface area contributed by atoms with Crippen molar-refractivity contribution in [2.75, 3.05) is 47.1 Å². The van der Waals surface area contributed by atoms with Gasteiger partial charge < -0.3 is 19.5 Å². The first kappa shape index (κ1) is 25.7. The highest BCUT2D eigenvalue weighted by Crippen LogP contribution is 2.23. The van der Waals surface area contributed by atoms with E-state index in [1.54, 1.807) is 56.3 Å². The lowest BCUT2D eigenvalue weighted by molar-refractivity contribution is -0.139. The molecular weight excluding hydrogens is 420 g/mol. The van der Waals surface area contributed by atoms with Gasteiger partial charge in [-0.2, -0.15) is 4.31 Å². The fraction of sp³-hybridized carbons (Fsp3) is 0.682. The van der Waals surface area contributed by atoms with Gasteiger partial charge in [-0.15, -0.1) is 0 Å². The zero-order chi connectivity index (χ0) is 23.0. The highest BCUT2D eigenvalue weighted by atomic mass is 32.2. The molecule has 1 aromatic rings. The van der Waals surface area contributed by atoms with Gasteiger partial charge in [0.2, 0.25) is 15.9 Å². The molecule has 1 saturated heterocycles. The van der Waals surface area contributed by atoms with Crippen LogP contribution in [0.1, 0.15) is 26.7 Å². The summed E-state index contributed by atoms with van der Waals surface area (Å²) in [4.78, 5) is 14.6. The van der Waals surface area contributed by atoms with Crippen LogP contribution in [0.2, 0.25) is 0 Å². The lowest BCUT2D eigenvalue weighted by Gasteiger charge is -2.34. The van der Waals surface area contributed by atoms with E-state index in [1.165, 1.54) is 4.31 Å². The molecule has 1 amide bonds. The molecule has 1 N–H and O–H groups in total. The van der Waals surface area contributed by atoms with Crippen LogP contribution in [0.4, 0.5) is 0 Å². The van der Waals surface area contributed by atoms with Crippen LogP contribution in [0.5, 0.6) is 0 Å². The van der Waals surface area contributed by atoms with Crippen molar-refractivity contribution >= 4 is 15.9 Å². The van der Waals surface area contributed by atoms with E-state index in [0.717, 1.165) is 0 Å². The molecule has 0 spiro atoms. The first-order valence-electron chi connectivity index (χ1n) is 10.8. The summed E-state index contributed by atoms with van der Waals surface area (Å²) in [5.74, 6) is -0.187. The molecule has 9 heteroatoms. The number of methoxy groups -OCH3 is 1. The molecule has 0 saturated carbocycles. The Kier molecular flexibility index (Phi) is 9.90. The fourth-order valence-corrected chi connectivity index (χ4v) is 5.58. The zero-order valence-corrected chi connectivity index (χ0v) is 19.8. The van der Waals surface area contributed by atoms with Gasteiger partial charge in [0, 0.05) is 52.4 Å². The average molecular weight is 457 g/mol. The van der Waals surface area contributed by atoms with Gasteiger partial charge in [-0.05, 0) is 37.8 Å². The number of aliphatic hydroxyl groups is 1. The normalized spacial score (nSPS) is 18.5. The molecule has 0 unspecified atom stereocenters. The number of nitrogens with zero attached hydrogens (tertiary/aromatic N) is 2. The van der Waals surface area contributed by atoms with Crippen LogP contribution in [0.3, 0.4) is 0 Å². The molecule has 3 atom stereocenters. The number of carbonyl (C=O) groups is 1. The lowest BCUT2D eigenvalue weighted by Crippen LogP contribution is -2.48. The number of aliphatic hydroxyl groups excluding tert-OH is 1. The van der Waals surface area contributed by atoms with Gasteiger partial charge in [0.25, 0.3) is 0 Å². The minimum Gasteiger partial charge on any atom is -0.395 e. The summed E-state index contributed by atoms with van der Waals surface area (Å²) in [6, 6.07) is 7.61. The summed E-state index contributed by atoms with van der Waals surface area (Å²) in [5.41, 5.74) is 0. The number of amides is 1. The van der Waals surface area contributed by atoms with E-state index in [2.05, 4.69) is 0 Å². The molecule has 0 aliphatic carbocycles. The van der Waals surface area contributed by atoms with Crippen molar-refractivity contribution in [3.8, 4) is 0 Å². The Morgan fingerprint density at radius 1 is 1.19 bits per heavy atom. The number of sulfonamides is 1. The number of carbonyl (C=O) groups excluding carboxylic acids is 1.